The van der Waals surface area contributed by atoms with Gasteiger partial charge in [-0.2, -0.15) is 0 Å². The van der Waals surface area contributed by atoms with Gasteiger partial charge >= 0.3 is 0 Å². The van der Waals surface area contributed by atoms with Gasteiger partial charge in [-0.05, 0) is 42.8 Å². The van der Waals surface area contributed by atoms with Gasteiger partial charge in [0.1, 0.15) is 11.7 Å². The minimum Gasteiger partial charge on any atom is -0.384 e. The molecular formula is C16H17ClFN3. The van der Waals surface area contributed by atoms with Gasteiger partial charge in [0.2, 0.25) is 0 Å². The highest BCUT2D eigenvalue weighted by atomic mass is 35.5. The molecule has 0 heterocycles. The fourth-order valence-electron chi connectivity index (χ4n) is 2.09. The Kier molecular flexibility index (Phi) is 4.81. The number of halogens is 2. The molecule has 0 saturated carbocycles. The fraction of sp³-hybridized carbons (Fsp3) is 0.188. The highest BCUT2D eigenvalue weighted by molar-refractivity contribution is 6.31. The average Bonchev–Trinajstić information content (AvgIpc) is 2.47. The Morgan fingerprint density at radius 1 is 1.24 bits per heavy atom. The van der Waals surface area contributed by atoms with Crippen molar-refractivity contribution in [2.75, 3.05) is 11.4 Å². The zero-order valence-corrected chi connectivity index (χ0v) is 12.5. The van der Waals surface area contributed by atoms with Gasteiger partial charge in [0.15, 0.2) is 0 Å². The van der Waals surface area contributed by atoms with Crippen molar-refractivity contribution in [1.82, 2.24) is 0 Å². The summed E-state index contributed by atoms with van der Waals surface area (Å²) in [7, 11) is 0. The molecular weight excluding hydrogens is 289 g/mol. The van der Waals surface area contributed by atoms with Crippen LogP contribution in [0.15, 0.2) is 42.5 Å². The van der Waals surface area contributed by atoms with Gasteiger partial charge in [0, 0.05) is 29.4 Å². The Bertz CT molecular complexity index is 640. The van der Waals surface area contributed by atoms with Crippen LogP contribution in [0.5, 0.6) is 0 Å². The van der Waals surface area contributed by atoms with Crippen LogP contribution in [0.25, 0.3) is 0 Å². The topological polar surface area (TPSA) is 53.1 Å². The van der Waals surface area contributed by atoms with Crippen LogP contribution in [-0.4, -0.2) is 12.4 Å². The van der Waals surface area contributed by atoms with Crippen LogP contribution in [0, 0.1) is 11.2 Å². The molecule has 0 aliphatic heterocycles. The van der Waals surface area contributed by atoms with Crippen molar-refractivity contribution >= 4 is 23.1 Å². The third-order valence-electron chi connectivity index (χ3n) is 3.30. The molecule has 0 spiro atoms. The molecule has 0 aliphatic carbocycles. The Hall–Kier alpha value is -2.07. The van der Waals surface area contributed by atoms with Crippen LogP contribution >= 0.6 is 11.6 Å². The molecule has 2 aromatic rings. The predicted molar refractivity (Wildman–Crippen MR) is 85.6 cm³/mol. The summed E-state index contributed by atoms with van der Waals surface area (Å²) in [5, 5.41) is 7.98. The number of amidine groups is 1. The first-order chi connectivity index (χ1) is 10.0. The molecule has 3 nitrogen and oxygen atoms in total. The van der Waals surface area contributed by atoms with E-state index in [0.29, 0.717) is 17.1 Å². The van der Waals surface area contributed by atoms with Gasteiger partial charge in [-0.3, -0.25) is 5.41 Å². The molecule has 110 valence electrons. The van der Waals surface area contributed by atoms with E-state index in [4.69, 9.17) is 22.7 Å². The monoisotopic (exact) mass is 305 g/mol. The van der Waals surface area contributed by atoms with E-state index in [1.54, 1.807) is 24.3 Å². The number of nitrogen functional groups attached to an aromatic ring is 1. The summed E-state index contributed by atoms with van der Waals surface area (Å²) in [5.74, 6) is -0.257. The van der Waals surface area contributed by atoms with E-state index in [9.17, 15) is 4.39 Å². The lowest BCUT2D eigenvalue weighted by Gasteiger charge is -2.24. The van der Waals surface area contributed by atoms with Crippen molar-refractivity contribution in [2.24, 2.45) is 5.73 Å². The van der Waals surface area contributed by atoms with Gasteiger partial charge in [0.05, 0.1) is 0 Å². The molecule has 21 heavy (non-hydrogen) atoms. The molecule has 2 aromatic carbocycles. The zero-order chi connectivity index (χ0) is 15.4. The Balaban J connectivity index is 2.22. The van der Waals surface area contributed by atoms with E-state index >= 15 is 0 Å². The summed E-state index contributed by atoms with van der Waals surface area (Å²) < 4.78 is 13.0. The first-order valence-corrected chi connectivity index (χ1v) is 7.02. The molecule has 0 aliphatic rings. The molecule has 0 atom stereocenters. The van der Waals surface area contributed by atoms with Gasteiger partial charge in [0.25, 0.3) is 0 Å². The maximum absolute atomic E-state index is 13.0. The van der Waals surface area contributed by atoms with Crippen LogP contribution in [0.3, 0.4) is 0 Å². The summed E-state index contributed by atoms with van der Waals surface area (Å²) >= 11 is 6.25. The van der Waals surface area contributed by atoms with Crippen LogP contribution in [-0.2, 0) is 6.54 Å². The number of hydrogen-bond acceptors (Lipinski definition) is 2. The van der Waals surface area contributed by atoms with Crippen molar-refractivity contribution in [3.63, 3.8) is 0 Å². The van der Waals surface area contributed by atoms with Crippen molar-refractivity contribution in [1.29, 1.82) is 5.41 Å². The van der Waals surface area contributed by atoms with E-state index in [1.807, 2.05) is 13.0 Å². The second-order valence-corrected chi connectivity index (χ2v) is 5.12. The Labute approximate surface area is 128 Å². The second-order valence-electron chi connectivity index (χ2n) is 4.71. The number of rotatable bonds is 5. The first kappa shape index (κ1) is 15.3. The van der Waals surface area contributed by atoms with Crippen LogP contribution in [0.1, 0.15) is 18.1 Å². The molecule has 0 saturated heterocycles. The fourth-order valence-corrected chi connectivity index (χ4v) is 2.33. The second kappa shape index (κ2) is 6.59. The third-order valence-corrected chi connectivity index (χ3v) is 3.65. The van der Waals surface area contributed by atoms with Crippen LogP contribution in [0.4, 0.5) is 10.1 Å². The molecule has 2 rings (SSSR count). The van der Waals surface area contributed by atoms with E-state index in [1.165, 1.54) is 12.1 Å². The molecule has 5 heteroatoms. The number of nitrogens with zero attached hydrogens (tertiary/aromatic N) is 1. The minimum absolute atomic E-state index is 0.00525. The normalized spacial score (nSPS) is 10.4. The van der Waals surface area contributed by atoms with E-state index in [2.05, 4.69) is 4.90 Å². The number of benzene rings is 2. The van der Waals surface area contributed by atoms with E-state index in [0.717, 1.165) is 17.8 Å². The minimum atomic E-state index is -0.251. The quantitative estimate of drug-likeness (QED) is 0.652. The molecule has 0 unspecified atom stereocenters. The van der Waals surface area contributed by atoms with Crippen LogP contribution < -0.4 is 10.6 Å². The third kappa shape index (κ3) is 3.73. The Morgan fingerprint density at radius 2 is 1.90 bits per heavy atom. The molecule has 0 fully saturated rings. The number of hydrogen-bond donors (Lipinski definition) is 2. The maximum Gasteiger partial charge on any atom is 0.123 e. The Morgan fingerprint density at radius 3 is 2.43 bits per heavy atom. The molecule has 0 radical (unpaired) electrons. The first-order valence-electron chi connectivity index (χ1n) is 6.64. The standard InChI is InChI=1S/C16H17ClFN3/c1-2-21(14-7-5-13(18)6-8-14)10-12-4-3-11(16(19)20)9-15(12)17/h3-9H,2,10H2,1H3,(H3,19,20). The largest absolute Gasteiger partial charge is 0.384 e. The zero-order valence-electron chi connectivity index (χ0n) is 11.7. The highest BCUT2D eigenvalue weighted by Crippen LogP contribution is 2.23. The molecule has 0 amide bonds. The summed E-state index contributed by atoms with van der Waals surface area (Å²) in [6.07, 6.45) is 0. The van der Waals surface area contributed by atoms with Gasteiger partial charge in [-0.1, -0.05) is 23.7 Å². The lowest BCUT2D eigenvalue weighted by molar-refractivity contribution is 0.627. The van der Waals surface area contributed by atoms with E-state index in [-0.39, 0.29) is 11.7 Å². The smallest absolute Gasteiger partial charge is 0.123 e. The number of anilines is 1. The summed E-state index contributed by atoms with van der Waals surface area (Å²) in [6.45, 7) is 3.41. The van der Waals surface area contributed by atoms with Crippen LogP contribution in [0.2, 0.25) is 5.02 Å². The number of nitrogens with two attached hydrogens (primary N) is 1. The molecule has 0 bridgehead atoms. The van der Waals surface area contributed by atoms with Gasteiger partial charge in [-0.15, -0.1) is 0 Å². The number of nitrogens with one attached hydrogen (secondary N) is 1. The predicted octanol–water partition coefficient (Wildman–Crippen LogP) is 3.79. The maximum atomic E-state index is 13.0. The van der Waals surface area contributed by atoms with Crippen molar-refractivity contribution in [3.05, 3.63) is 64.4 Å². The summed E-state index contributed by atoms with van der Waals surface area (Å²) in [6, 6.07) is 11.7. The van der Waals surface area contributed by atoms with Gasteiger partial charge in [-0.25, -0.2) is 4.39 Å². The lowest BCUT2D eigenvalue weighted by atomic mass is 10.1. The average molecular weight is 306 g/mol. The summed E-state index contributed by atoms with van der Waals surface area (Å²) in [4.78, 5) is 2.09. The van der Waals surface area contributed by atoms with Crippen molar-refractivity contribution in [2.45, 2.75) is 13.5 Å². The lowest BCUT2D eigenvalue weighted by Crippen LogP contribution is -2.22. The van der Waals surface area contributed by atoms with Crippen molar-refractivity contribution < 1.29 is 4.39 Å². The SMILES string of the molecule is CCN(Cc1ccc(C(=N)N)cc1Cl)c1ccc(F)cc1. The summed E-state index contributed by atoms with van der Waals surface area (Å²) in [5.41, 5.74) is 7.92. The van der Waals surface area contributed by atoms with Gasteiger partial charge < -0.3 is 10.6 Å². The molecule has 3 N–H and O–H groups in total. The van der Waals surface area contributed by atoms with Crippen molar-refractivity contribution in [3.8, 4) is 0 Å². The van der Waals surface area contributed by atoms with E-state index < -0.39 is 0 Å². The molecule has 0 aromatic heterocycles. The highest BCUT2D eigenvalue weighted by Gasteiger charge is 2.09.